The van der Waals surface area contributed by atoms with Crippen LogP contribution in [0.5, 0.6) is 0 Å². The van der Waals surface area contributed by atoms with E-state index in [0.717, 1.165) is 0 Å². The van der Waals surface area contributed by atoms with Crippen molar-refractivity contribution in [3.63, 3.8) is 0 Å². The molecule has 3 heterocycles. The van der Waals surface area contributed by atoms with E-state index in [9.17, 15) is 10.1 Å². The number of hydrogen-bond donors (Lipinski definition) is 2. The topological polar surface area (TPSA) is 137 Å². The summed E-state index contributed by atoms with van der Waals surface area (Å²) in [6.07, 6.45) is 3.18. The molecule has 108 valence electrons. The zero-order valence-electron chi connectivity index (χ0n) is 11.0. The van der Waals surface area contributed by atoms with Gasteiger partial charge in [-0.3, -0.25) is 4.98 Å². The molecule has 0 aliphatic carbocycles. The van der Waals surface area contributed by atoms with E-state index in [1.54, 1.807) is 24.5 Å². The Morgan fingerprint density at radius 1 is 1.41 bits per heavy atom. The van der Waals surface area contributed by atoms with Crippen LogP contribution in [0, 0.1) is 11.3 Å². The largest absolute Gasteiger partial charge is 0.346 e. The highest BCUT2D eigenvalue weighted by Crippen LogP contribution is 2.27. The minimum Gasteiger partial charge on any atom is -0.304 e. The maximum absolute atomic E-state index is 11.8. The van der Waals surface area contributed by atoms with E-state index in [4.69, 9.17) is 0 Å². The van der Waals surface area contributed by atoms with Gasteiger partial charge in [0, 0.05) is 18.0 Å². The van der Waals surface area contributed by atoms with E-state index in [1.807, 2.05) is 0 Å². The number of aromatic amines is 2. The lowest BCUT2D eigenvalue weighted by Gasteiger charge is -2.06. The maximum Gasteiger partial charge on any atom is 0.346 e. The second-order valence-corrected chi connectivity index (χ2v) is 5.03. The van der Waals surface area contributed by atoms with Gasteiger partial charge >= 0.3 is 5.69 Å². The molecule has 0 unspecified atom stereocenters. The number of pyridine rings is 1. The highest BCUT2D eigenvalue weighted by molar-refractivity contribution is 7.98. The first-order valence-corrected chi connectivity index (χ1v) is 7.06. The van der Waals surface area contributed by atoms with E-state index in [2.05, 4.69) is 41.6 Å². The van der Waals surface area contributed by atoms with Gasteiger partial charge in [0.05, 0.1) is 11.4 Å². The van der Waals surface area contributed by atoms with Crippen LogP contribution in [0.15, 0.2) is 34.3 Å². The molecule has 3 aromatic heterocycles. The third kappa shape index (κ3) is 2.84. The molecule has 0 aliphatic heterocycles. The van der Waals surface area contributed by atoms with Gasteiger partial charge in [-0.2, -0.15) is 15.5 Å². The molecule has 0 saturated heterocycles. The third-order valence-corrected chi connectivity index (χ3v) is 3.66. The summed E-state index contributed by atoms with van der Waals surface area (Å²) in [4.78, 5) is 22.2. The highest BCUT2D eigenvalue weighted by Gasteiger charge is 2.15. The van der Waals surface area contributed by atoms with Crippen LogP contribution in [0.1, 0.15) is 11.4 Å². The molecule has 9 nitrogen and oxygen atoms in total. The molecule has 10 heteroatoms. The Morgan fingerprint density at radius 2 is 2.32 bits per heavy atom. The summed E-state index contributed by atoms with van der Waals surface area (Å²) < 4.78 is 0. The quantitative estimate of drug-likeness (QED) is 0.525. The van der Waals surface area contributed by atoms with Crippen molar-refractivity contribution >= 4 is 11.8 Å². The van der Waals surface area contributed by atoms with Crippen molar-refractivity contribution in [1.29, 1.82) is 5.26 Å². The predicted octanol–water partition coefficient (Wildman–Crippen LogP) is 0.509. The number of hydrogen-bond acceptors (Lipinski definition) is 8. The Balaban J connectivity index is 2.02. The number of aromatic nitrogens is 7. The number of nitrogens with zero attached hydrogens (tertiary/aromatic N) is 6. The summed E-state index contributed by atoms with van der Waals surface area (Å²) in [5.41, 5.74) is 0.778. The monoisotopic (exact) mass is 312 g/mol. The fourth-order valence-electron chi connectivity index (χ4n) is 1.76. The average Bonchev–Trinajstić information content (AvgIpc) is 3.06. The maximum atomic E-state index is 11.8. The number of thioether (sulfide) groups is 1. The van der Waals surface area contributed by atoms with Gasteiger partial charge in [-0.15, -0.1) is 10.2 Å². The molecule has 0 radical (unpaired) electrons. The first kappa shape index (κ1) is 13.9. The van der Waals surface area contributed by atoms with Gasteiger partial charge in [0.1, 0.15) is 16.7 Å². The molecular weight excluding hydrogens is 304 g/mol. The van der Waals surface area contributed by atoms with Crippen molar-refractivity contribution in [3.8, 4) is 17.3 Å². The lowest BCUT2D eigenvalue weighted by Crippen LogP contribution is -2.14. The van der Waals surface area contributed by atoms with Gasteiger partial charge in [-0.05, 0) is 12.1 Å². The number of rotatable bonds is 4. The summed E-state index contributed by atoms with van der Waals surface area (Å²) in [7, 11) is 0. The SMILES string of the molecule is N#Cc1c(SCc2nn[nH]n2)nc(=O)[nH]c1-c1cccnc1. The van der Waals surface area contributed by atoms with Crippen LogP contribution in [0.25, 0.3) is 11.3 Å². The molecule has 3 aromatic rings. The molecule has 3 rings (SSSR count). The van der Waals surface area contributed by atoms with Crippen LogP contribution in [0.3, 0.4) is 0 Å². The molecule has 2 N–H and O–H groups in total. The normalized spacial score (nSPS) is 10.3. The van der Waals surface area contributed by atoms with E-state index in [0.29, 0.717) is 27.9 Å². The van der Waals surface area contributed by atoms with Crippen LogP contribution in [-0.2, 0) is 5.75 Å². The zero-order valence-corrected chi connectivity index (χ0v) is 11.8. The van der Waals surface area contributed by atoms with Crippen molar-refractivity contribution in [3.05, 3.63) is 46.4 Å². The van der Waals surface area contributed by atoms with Gasteiger partial charge in [-0.1, -0.05) is 17.0 Å². The Hall–Kier alpha value is -3.06. The van der Waals surface area contributed by atoms with E-state index in [1.165, 1.54) is 11.8 Å². The van der Waals surface area contributed by atoms with Crippen LogP contribution >= 0.6 is 11.8 Å². The Kier molecular flexibility index (Phi) is 3.88. The highest BCUT2D eigenvalue weighted by atomic mass is 32.2. The molecule has 0 aromatic carbocycles. The van der Waals surface area contributed by atoms with Crippen LogP contribution < -0.4 is 5.69 Å². The van der Waals surface area contributed by atoms with Gasteiger partial charge in [0.15, 0.2) is 5.82 Å². The van der Waals surface area contributed by atoms with Gasteiger partial charge < -0.3 is 4.98 Å². The van der Waals surface area contributed by atoms with Gasteiger partial charge in [0.25, 0.3) is 0 Å². The van der Waals surface area contributed by atoms with Crippen molar-refractivity contribution < 1.29 is 0 Å². The minimum atomic E-state index is -0.534. The van der Waals surface area contributed by atoms with Crippen molar-refractivity contribution in [2.75, 3.05) is 0 Å². The fourth-order valence-corrected chi connectivity index (χ4v) is 2.59. The molecule has 0 aliphatic rings. The van der Waals surface area contributed by atoms with Crippen LogP contribution in [0.4, 0.5) is 0 Å². The number of tetrazole rings is 1. The van der Waals surface area contributed by atoms with Crippen molar-refractivity contribution in [1.82, 2.24) is 35.6 Å². The Labute approximate surface area is 127 Å². The standard InChI is InChI=1S/C12H8N8OS/c13-4-8-10(7-2-1-3-14-5-7)15-12(21)16-11(8)22-6-9-17-19-20-18-9/h1-3,5H,6H2,(H,15,16,21)(H,17,18,19,20). The summed E-state index contributed by atoms with van der Waals surface area (Å²) in [6, 6.07) is 5.55. The van der Waals surface area contributed by atoms with E-state index < -0.39 is 5.69 Å². The number of nitriles is 1. The second-order valence-electron chi connectivity index (χ2n) is 4.07. The molecule has 0 fully saturated rings. The molecule has 0 spiro atoms. The van der Waals surface area contributed by atoms with Crippen molar-refractivity contribution in [2.45, 2.75) is 10.8 Å². The molecule has 0 bridgehead atoms. The zero-order chi connectivity index (χ0) is 15.4. The molecule has 0 saturated carbocycles. The van der Waals surface area contributed by atoms with E-state index in [-0.39, 0.29) is 5.56 Å². The summed E-state index contributed by atoms with van der Waals surface area (Å²) in [5.74, 6) is 0.799. The first-order valence-electron chi connectivity index (χ1n) is 6.08. The summed E-state index contributed by atoms with van der Waals surface area (Å²) in [5, 5.41) is 23.1. The Morgan fingerprint density at radius 3 is 3.00 bits per heavy atom. The molecule has 22 heavy (non-hydrogen) atoms. The number of H-pyrrole nitrogens is 2. The minimum absolute atomic E-state index is 0.279. The lowest BCUT2D eigenvalue weighted by atomic mass is 10.1. The van der Waals surface area contributed by atoms with Gasteiger partial charge in [0.2, 0.25) is 0 Å². The molecule has 0 atom stereocenters. The Bertz CT molecular complexity index is 868. The fraction of sp³-hybridized carbons (Fsp3) is 0.0833. The average molecular weight is 312 g/mol. The number of nitrogens with one attached hydrogen (secondary N) is 2. The van der Waals surface area contributed by atoms with Crippen molar-refractivity contribution in [2.24, 2.45) is 0 Å². The lowest BCUT2D eigenvalue weighted by molar-refractivity contribution is 0.881. The summed E-state index contributed by atoms with van der Waals surface area (Å²) in [6.45, 7) is 0. The summed E-state index contributed by atoms with van der Waals surface area (Å²) >= 11 is 1.19. The van der Waals surface area contributed by atoms with Crippen LogP contribution in [-0.4, -0.2) is 35.6 Å². The predicted molar refractivity (Wildman–Crippen MR) is 76.5 cm³/mol. The van der Waals surface area contributed by atoms with Gasteiger partial charge in [-0.25, -0.2) is 4.79 Å². The van der Waals surface area contributed by atoms with E-state index >= 15 is 0 Å². The molecule has 0 amide bonds. The first-order chi connectivity index (χ1) is 10.8. The smallest absolute Gasteiger partial charge is 0.304 e. The van der Waals surface area contributed by atoms with Crippen LogP contribution in [0.2, 0.25) is 0 Å². The third-order valence-electron chi connectivity index (χ3n) is 2.69. The molecular formula is C12H8N8OS. The second kappa shape index (κ2) is 6.15.